The summed E-state index contributed by atoms with van der Waals surface area (Å²) in [7, 11) is 4.99. The molecule has 6 heteroatoms. The van der Waals surface area contributed by atoms with Crippen LogP contribution in [0.3, 0.4) is 0 Å². The highest BCUT2D eigenvalue weighted by atomic mass is 16.5. The maximum absolute atomic E-state index is 11.9. The highest BCUT2D eigenvalue weighted by molar-refractivity contribution is 5.84. The van der Waals surface area contributed by atoms with Crippen molar-refractivity contribution in [3.63, 3.8) is 0 Å². The number of allylic oxidation sites excluding steroid dienone is 2. The monoisotopic (exact) mass is 362 g/mol. The van der Waals surface area contributed by atoms with Gasteiger partial charge in [-0.1, -0.05) is 25.1 Å². The first-order valence-corrected chi connectivity index (χ1v) is 8.81. The second-order valence-corrected chi connectivity index (χ2v) is 6.02. The summed E-state index contributed by atoms with van der Waals surface area (Å²) < 4.78 is 9.98. The Bertz CT molecular complexity index is 611. The lowest BCUT2D eigenvalue weighted by atomic mass is 10.1. The van der Waals surface area contributed by atoms with Crippen molar-refractivity contribution >= 4 is 11.9 Å². The first-order valence-electron chi connectivity index (χ1n) is 8.81. The van der Waals surface area contributed by atoms with Gasteiger partial charge < -0.3 is 19.7 Å². The number of ether oxygens (including phenoxy) is 2. The van der Waals surface area contributed by atoms with Crippen molar-refractivity contribution in [3.05, 3.63) is 41.6 Å². The van der Waals surface area contributed by atoms with Crippen LogP contribution in [0.25, 0.3) is 0 Å². The van der Waals surface area contributed by atoms with Crippen LogP contribution in [0, 0.1) is 0 Å². The van der Waals surface area contributed by atoms with E-state index in [0.29, 0.717) is 19.3 Å². The van der Waals surface area contributed by atoms with E-state index in [4.69, 9.17) is 9.47 Å². The molecule has 6 nitrogen and oxygen atoms in total. The smallest absolute Gasteiger partial charge is 0.328 e. The predicted octanol–water partition coefficient (Wildman–Crippen LogP) is 2.88. The molecule has 1 unspecified atom stereocenters. The normalized spacial score (nSPS) is 12.3. The zero-order valence-corrected chi connectivity index (χ0v) is 16.4. The van der Waals surface area contributed by atoms with E-state index in [1.807, 2.05) is 44.3 Å². The fraction of sp³-hybridized carbons (Fsp3) is 0.500. The highest BCUT2D eigenvalue weighted by Crippen LogP contribution is 2.17. The minimum absolute atomic E-state index is 0.158. The van der Waals surface area contributed by atoms with Crippen molar-refractivity contribution in [2.75, 3.05) is 21.3 Å². The Morgan fingerprint density at radius 1 is 1.23 bits per heavy atom. The largest absolute Gasteiger partial charge is 0.497 e. The molecule has 1 atom stereocenters. The number of carbonyl (C=O) groups is 2. The van der Waals surface area contributed by atoms with Crippen molar-refractivity contribution in [1.29, 1.82) is 0 Å². The van der Waals surface area contributed by atoms with Crippen molar-refractivity contribution in [2.24, 2.45) is 0 Å². The van der Waals surface area contributed by atoms with E-state index in [0.717, 1.165) is 23.6 Å². The Hall–Kier alpha value is -2.50. The summed E-state index contributed by atoms with van der Waals surface area (Å²) in [6.45, 7) is 4.47. The summed E-state index contributed by atoms with van der Waals surface area (Å²) in [5.41, 5.74) is 2.26. The van der Waals surface area contributed by atoms with Crippen LogP contribution in [-0.2, 0) is 20.9 Å². The van der Waals surface area contributed by atoms with Crippen LogP contribution in [0.5, 0.6) is 5.75 Å². The van der Waals surface area contributed by atoms with E-state index in [1.165, 1.54) is 7.11 Å². The van der Waals surface area contributed by atoms with E-state index in [2.05, 4.69) is 10.2 Å². The van der Waals surface area contributed by atoms with Crippen molar-refractivity contribution in [1.82, 2.24) is 10.2 Å². The SMILES string of the molecule is CC=C(CCC(NC(=O)CC)C(=O)OC)N(C)Cc1ccc(OC)cc1. The van der Waals surface area contributed by atoms with Gasteiger partial charge in [-0.15, -0.1) is 0 Å². The summed E-state index contributed by atoms with van der Waals surface area (Å²) in [6, 6.07) is 7.30. The molecule has 26 heavy (non-hydrogen) atoms. The number of benzene rings is 1. The predicted molar refractivity (Wildman–Crippen MR) is 102 cm³/mol. The quantitative estimate of drug-likeness (QED) is 0.648. The van der Waals surface area contributed by atoms with Gasteiger partial charge in [0.05, 0.1) is 14.2 Å². The number of rotatable bonds is 10. The van der Waals surface area contributed by atoms with Crippen LogP contribution in [-0.4, -0.2) is 44.1 Å². The van der Waals surface area contributed by atoms with Gasteiger partial charge in [0.2, 0.25) is 5.91 Å². The molecule has 1 aromatic carbocycles. The average Bonchev–Trinajstić information content (AvgIpc) is 2.67. The molecule has 0 saturated heterocycles. The van der Waals surface area contributed by atoms with Crippen LogP contribution in [0.1, 0.15) is 38.7 Å². The highest BCUT2D eigenvalue weighted by Gasteiger charge is 2.21. The number of hydrogen-bond acceptors (Lipinski definition) is 5. The number of methoxy groups -OCH3 is 2. The van der Waals surface area contributed by atoms with Gasteiger partial charge in [0.1, 0.15) is 11.8 Å². The lowest BCUT2D eigenvalue weighted by Crippen LogP contribution is -2.41. The molecule has 0 aliphatic heterocycles. The summed E-state index contributed by atoms with van der Waals surface area (Å²) in [6.07, 6.45) is 3.51. The molecule has 1 amide bonds. The Morgan fingerprint density at radius 2 is 1.88 bits per heavy atom. The van der Waals surface area contributed by atoms with Gasteiger partial charge in [0.25, 0.3) is 0 Å². The van der Waals surface area contributed by atoms with E-state index in [1.54, 1.807) is 14.0 Å². The van der Waals surface area contributed by atoms with Gasteiger partial charge in [0, 0.05) is 25.7 Å². The van der Waals surface area contributed by atoms with Crippen LogP contribution >= 0.6 is 0 Å². The minimum Gasteiger partial charge on any atom is -0.497 e. The van der Waals surface area contributed by atoms with Crippen molar-refractivity contribution in [2.45, 2.75) is 45.7 Å². The molecule has 1 N–H and O–H groups in total. The summed E-state index contributed by atoms with van der Waals surface area (Å²) >= 11 is 0. The number of carbonyl (C=O) groups excluding carboxylic acids is 2. The second-order valence-electron chi connectivity index (χ2n) is 6.02. The minimum atomic E-state index is -0.628. The third-order valence-corrected chi connectivity index (χ3v) is 4.23. The van der Waals surface area contributed by atoms with Crippen LogP contribution in [0.15, 0.2) is 36.0 Å². The van der Waals surface area contributed by atoms with Gasteiger partial charge in [-0.05, 0) is 37.5 Å². The zero-order valence-electron chi connectivity index (χ0n) is 16.4. The molecule has 0 fully saturated rings. The standard InChI is InChI=1S/C20H30N2O4/c1-6-16(10-13-18(20(24)26-5)21-19(23)7-2)22(3)14-15-8-11-17(25-4)12-9-15/h6,8-9,11-12,18H,7,10,13-14H2,1-5H3,(H,21,23). The van der Waals surface area contributed by atoms with E-state index < -0.39 is 12.0 Å². The molecular weight excluding hydrogens is 332 g/mol. The molecule has 1 aromatic rings. The molecule has 0 aliphatic carbocycles. The van der Waals surface area contributed by atoms with Crippen LogP contribution in [0.4, 0.5) is 0 Å². The maximum atomic E-state index is 11.9. The first-order chi connectivity index (χ1) is 12.4. The zero-order chi connectivity index (χ0) is 19.5. The Labute approximate surface area is 156 Å². The lowest BCUT2D eigenvalue weighted by molar-refractivity contribution is -0.145. The third-order valence-electron chi connectivity index (χ3n) is 4.23. The van der Waals surface area contributed by atoms with Gasteiger partial charge in [-0.25, -0.2) is 4.79 Å². The van der Waals surface area contributed by atoms with Gasteiger partial charge >= 0.3 is 5.97 Å². The summed E-state index contributed by atoms with van der Waals surface area (Å²) in [5, 5.41) is 2.73. The average molecular weight is 362 g/mol. The van der Waals surface area contributed by atoms with Crippen molar-refractivity contribution in [3.8, 4) is 5.75 Å². The Balaban J connectivity index is 2.67. The molecule has 1 rings (SSSR count). The number of amides is 1. The van der Waals surface area contributed by atoms with Crippen LogP contribution in [0.2, 0.25) is 0 Å². The number of nitrogens with zero attached hydrogens (tertiary/aromatic N) is 1. The van der Waals surface area contributed by atoms with Crippen LogP contribution < -0.4 is 10.1 Å². The topological polar surface area (TPSA) is 67.9 Å². The van der Waals surface area contributed by atoms with Crippen molar-refractivity contribution < 1.29 is 19.1 Å². The molecule has 0 saturated carbocycles. The molecule has 0 heterocycles. The molecule has 0 radical (unpaired) electrons. The Kier molecular flexibility index (Phi) is 9.26. The summed E-state index contributed by atoms with van der Waals surface area (Å²) in [4.78, 5) is 25.7. The molecule has 0 bridgehead atoms. The molecule has 0 aliphatic rings. The number of nitrogens with one attached hydrogen (secondary N) is 1. The fourth-order valence-electron chi connectivity index (χ4n) is 2.64. The van der Waals surface area contributed by atoms with Gasteiger partial charge in [-0.3, -0.25) is 4.79 Å². The molecule has 0 spiro atoms. The van der Waals surface area contributed by atoms with Gasteiger partial charge in [0.15, 0.2) is 0 Å². The molecule has 144 valence electrons. The van der Waals surface area contributed by atoms with E-state index in [9.17, 15) is 9.59 Å². The van der Waals surface area contributed by atoms with Gasteiger partial charge in [-0.2, -0.15) is 0 Å². The maximum Gasteiger partial charge on any atom is 0.328 e. The molecular formula is C20H30N2O4. The van der Waals surface area contributed by atoms with E-state index in [-0.39, 0.29) is 5.91 Å². The lowest BCUT2D eigenvalue weighted by Gasteiger charge is -2.24. The number of hydrogen-bond donors (Lipinski definition) is 1. The van der Waals surface area contributed by atoms with E-state index >= 15 is 0 Å². The Morgan fingerprint density at radius 3 is 2.38 bits per heavy atom. The number of esters is 1. The molecule has 0 aromatic heterocycles. The fourth-order valence-corrected chi connectivity index (χ4v) is 2.64. The second kappa shape index (κ2) is 11.2. The third kappa shape index (κ3) is 6.78. The summed E-state index contributed by atoms with van der Waals surface area (Å²) in [5.74, 6) is 0.254. The first kappa shape index (κ1) is 21.5.